The number of pyridine rings is 1. The minimum absolute atomic E-state index is 0. The highest BCUT2D eigenvalue weighted by molar-refractivity contribution is 6.06. The van der Waals surface area contributed by atoms with Crippen molar-refractivity contribution in [2.75, 3.05) is 23.3 Å². The van der Waals surface area contributed by atoms with Crippen LogP contribution in [0.4, 0.5) is 28.9 Å². The number of amides is 1. The highest BCUT2D eigenvalue weighted by Gasteiger charge is 2.27. The lowest BCUT2D eigenvalue weighted by Gasteiger charge is -2.37. The molecular weight excluding hydrogens is 621 g/mol. The molecular formula is C27H28Cl3F4N7O. The number of hydrogen-bond acceptors (Lipinski definition) is 6. The molecule has 0 saturated carbocycles. The van der Waals surface area contributed by atoms with E-state index in [-0.39, 0.29) is 55.4 Å². The molecule has 5 rings (SSSR count). The summed E-state index contributed by atoms with van der Waals surface area (Å²) in [4.78, 5) is 19.2. The fourth-order valence-corrected chi connectivity index (χ4v) is 4.96. The molecule has 2 atom stereocenters. The SMILES string of the molecule is C[C@@H]1C[C@H](N)CN(c2ccncc2NC(=O)c2ccc(F)c(-c3c(F)cc(Cn4ccnn4)cc3F)c2F)C1.Cl.Cl.Cl. The first-order valence-corrected chi connectivity index (χ1v) is 12.3. The molecule has 1 amide bonds. The first kappa shape index (κ1) is 34.7. The fraction of sp³-hybridized carbons (Fsp3) is 0.259. The zero-order chi connectivity index (χ0) is 27.7. The number of nitrogens with zero attached hydrogens (tertiary/aromatic N) is 5. The van der Waals surface area contributed by atoms with Gasteiger partial charge in [0.2, 0.25) is 0 Å². The van der Waals surface area contributed by atoms with Crippen LogP contribution < -0.4 is 16.0 Å². The Labute approximate surface area is 257 Å². The summed E-state index contributed by atoms with van der Waals surface area (Å²) >= 11 is 0. The number of piperidine rings is 1. The van der Waals surface area contributed by atoms with Crippen LogP contribution in [0.2, 0.25) is 0 Å². The number of nitrogens with one attached hydrogen (secondary N) is 1. The van der Waals surface area contributed by atoms with E-state index in [9.17, 15) is 9.18 Å². The summed E-state index contributed by atoms with van der Waals surface area (Å²) in [5, 5.41) is 9.96. The second-order valence-electron chi connectivity index (χ2n) is 9.67. The van der Waals surface area contributed by atoms with Crippen LogP contribution in [0.3, 0.4) is 0 Å². The summed E-state index contributed by atoms with van der Waals surface area (Å²) in [7, 11) is 0. The van der Waals surface area contributed by atoms with Crippen LogP contribution in [0, 0.1) is 29.2 Å². The average Bonchev–Trinajstić information content (AvgIpc) is 3.38. The summed E-state index contributed by atoms with van der Waals surface area (Å²) in [6.07, 6.45) is 6.73. The van der Waals surface area contributed by atoms with Gasteiger partial charge in [-0.3, -0.25) is 9.78 Å². The Bertz CT molecular complexity index is 1490. The van der Waals surface area contributed by atoms with Crippen molar-refractivity contribution in [2.45, 2.75) is 25.9 Å². The third-order valence-electron chi connectivity index (χ3n) is 6.58. The molecule has 1 aliphatic heterocycles. The number of carbonyl (C=O) groups is 1. The maximum absolute atomic E-state index is 15.6. The minimum atomic E-state index is -1.40. The Kier molecular flexibility index (Phi) is 12.1. The normalized spacial score (nSPS) is 16.1. The van der Waals surface area contributed by atoms with Gasteiger partial charge < -0.3 is 16.0 Å². The van der Waals surface area contributed by atoms with Gasteiger partial charge in [-0.1, -0.05) is 12.1 Å². The van der Waals surface area contributed by atoms with Crippen molar-refractivity contribution in [3.05, 3.63) is 89.5 Å². The zero-order valence-electron chi connectivity index (χ0n) is 22.1. The van der Waals surface area contributed by atoms with Crippen LogP contribution in [0.15, 0.2) is 55.1 Å². The van der Waals surface area contributed by atoms with Gasteiger partial charge in [-0.2, -0.15) is 0 Å². The van der Waals surface area contributed by atoms with E-state index in [0.717, 1.165) is 30.7 Å². The van der Waals surface area contributed by atoms with Gasteiger partial charge in [0.15, 0.2) is 0 Å². The highest BCUT2D eigenvalue weighted by Crippen LogP contribution is 2.34. The molecule has 0 spiro atoms. The van der Waals surface area contributed by atoms with Crippen molar-refractivity contribution in [3.8, 4) is 11.1 Å². The first-order valence-electron chi connectivity index (χ1n) is 12.3. The molecule has 3 N–H and O–H groups in total. The minimum Gasteiger partial charge on any atom is -0.368 e. The maximum atomic E-state index is 15.6. The van der Waals surface area contributed by atoms with Gasteiger partial charge in [-0.15, -0.1) is 42.3 Å². The summed E-state index contributed by atoms with van der Waals surface area (Å²) in [6, 6.07) is 5.28. The Morgan fingerprint density at radius 3 is 2.36 bits per heavy atom. The number of benzene rings is 2. The highest BCUT2D eigenvalue weighted by atomic mass is 35.5. The standard InChI is InChI=1S/C27H25F4N7O.3ClH/c1-15-8-17(32)14-37(12-15)23-4-5-33-11-22(23)35-27(39)18-2-3-19(28)25(26(18)31)24-20(29)9-16(10-21(24)30)13-38-7-6-34-36-38;;;/h2-7,9-11,15,17H,8,12-14,32H2,1H3,(H,35,39);3*1H/t15-,17+;;;/m1.../s1. The van der Waals surface area contributed by atoms with Gasteiger partial charge in [-0.05, 0) is 48.2 Å². The monoisotopic (exact) mass is 647 g/mol. The van der Waals surface area contributed by atoms with E-state index in [1.807, 2.05) is 4.90 Å². The molecule has 1 fully saturated rings. The molecule has 2 aromatic carbocycles. The summed E-state index contributed by atoms with van der Waals surface area (Å²) in [5.41, 5.74) is 4.80. The number of nitrogens with two attached hydrogens (primary N) is 1. The van der Waals surface area contributed by atoms with Crippen LogP contribution in [0.5, 0.6) is 0 Å². The van der Waals surface area contributed by atoms with Gasteiger partial charge in [0.1, 0.15) is 23.3 Å². The van der Waals surface area contributed by atoms with E-state index in [1.165, 1.54) is 23.3 Å². The molecule has 1 aliphatic rings. The largest absolute Gasteiger partial charge is 0.368 e. The second kappa shape index (κ2) is 14.6. The van der Waals surface area contributed by atoms with Crippen molar-refractivity contribution in [1.29, 1.82) is 0 Å². The molecule has 42 heavy (non-hydrogen) atoms. The lowest BCUT2D eigenvalue weighted by atomic mass is 9.96. The predicted molar refractivity (Wildman–Crippen MR) is 159 cm³/mol. The summed E-state index contributed by atoms with van der Waals surface area (Å²) < 4.78 is 61.8. The number of aromatic nitrogens is 4. The molecule has 0 bridgehead atoms. The van der Waals surface area contributed by atoms with Crippen molar-refractivity contribution in [3.63, 3.8) is 0 Å². The third-order valence-corrected chi connectivity index (χ3v) is 6.58. The van der Waals surface area contributed by atoms with E-state index < -0.39 is 45.9 Å². The molecule has 3 heterocycles. The molecule has 1 saturated heterocycles. The van der Waals surface area contributed by atoms with Gasteiger partial charge in [0.05, 0.1) is 47.0 Å². The summed E-state index contributed by atoms with van der Waals surface area (Å²) in [6.45, 7) is 3.31. The van der Waals surface area contributed by atoms with E-state index >= 15 is 13.2 Å². The Morgan fingerprint density at radius 1 is 1.00 bits per heavy atom. The van der Waals surface area contributed by atoms with E-state index in [0.29, 0.717) is 30.4 Å². The molecule has 8 nitrogen and oxygen atoms in total. The van der Waals surface area contributed by atoms with Gasteiger partial charge in [0.25, 0.3) is 5.91 Å². The fourth-order valence-electron chi connectivity index (χ4n) is 4.96. The number of carbonyl (C=O) groups excluding carboxylic acids is 1. The number of halogens is 7. The molecule has 0 radical (unpaired) electrons. The maximum Gasteiger partial charge on any atom is 0.258 e. The third kappa shape index (κ3) is 7.30. The average molecular weight is 649 g/mol. The Hall–Kier alpha value is -3.45. The number of hydrogen-bond donors (Lipinski definition) is 2. The Morgan fingerprint density at radius 2 is 1.71 bits per heavy atom. The van der Waals surface area contributed by atoms with Crippen molar-refractivity contribution < 1.29 is 22.4 Å². The molecule has 226 valence electrons. The molecule has 0 aliphatic carbocycles. The topological polar surface area (TPSA) is 102 Å². The zero-order valence-corrected chi connectivity index (χ0v) is 24.6. The first-order chi connectivity index (χ1) is 18.7. The predicted octanol–water partition coefficient (Wildman–Crippen LogP) is 5.64. The lowest BCUT2D eigenvalue weighted by Crippen LogP contribution is -2.46. The quantitative estimate of drug-likeness (QED) is 0.263. The molecule has 0 unspecified atom stereocenters. The lowest BCUT2D eigenvalue weighted by molar-refractivity contribution is 0.102. The molecule has 4 aromatic rings. The van der Waals surface area contributed by atoms with Gasteiger partial charge >= 0.3 is 0 Å². The van der Waals surface area contributed by atoms with Crippen LogP contribution in [-0.2, 0) is 6.54 Å². The van der Waals surface area contributed by atoms with Crippen molar-refractivity contribution in [2.24, 2.45) is 11.7 Å². The molecule has 15 heteroatoms. The van der Waals surface area contributed by atoms with Gasteiger partial charge in [0, 0.05) is 31.5 Å². The van der Waals surface area contributed by atoms with E-state index in [2.05, 4.69) is 27.5 Å². The Balaban J connectivity index is 0.00000205. The van der Waals surface area contributed by atoms with Crippen molar-refractivity contribution >= 4 is 54.5 Å². The van der Waals surface area contributed by atoms with Crippen LogP contribution in [0.25, 0.3) is 11.1 Å². The van der Waals surface area contributed by atoms with Crippen LogP contribution >= 0.6 is 37.2 Å². The van der Waals surface area contributed by atoms with Crippen LogP contribution in [0.1, 0.15) is 29.3 Å². The smallest absolute Gasteiger partial charge is 0.258 e. The number of anilines is 2. The summed E-state index contributed by atoms with van der Waals surface area (Å²) in [5.74, 6) is -5.61. The van der Waals surface area contributed by atoms with Gasteiger partial charge in [-0.25, -0.2) is 22.2 Å². The second-order valence-corrected chi connectivity index (χ2v) is 9.67. The van der Waals surface area contributed by atoms with Crippen molar-refractivity contribution in [1.82, 2.24) is 20.0 Å². The van der Waals surface area contributed by atoms with Crippen LogP contribution in [-0.4, -0.2) is 45.0 Å². The number of rotatable bonds is 6. The molecule has 2 aromatic heterocycles. The van der Waals surface area contributed by atoms with E-state index in [4.69, 9.17) is 5.73 Å². The van der Waals surface area contributed by atoms with E-state index in [1.54, 1.807) is 12.3 Å².